The van der Waals surface area contributed by atoms with Crippen molar-refractivity contribution in [3.63, 3.8) is 0 Å². The Bertz CT molecular complexity index is 731. The molecule has 0 saturated carbocycles. The van der Waals surface area contributed by atoms with E-state index in [1.54, 1.807) is 13.1 Å². The summed E-state index contributed by atoms with van der Waals surface area (Å²) in [6, 6.07) is 14.8. The third-order valence-electron chi connectivity index (χ3n) is 4.68. The number of hydrogen-bond donors (Lipinski definition) is 1. The molecule has 2 aromatic carbocycles. The van der Waals surface area contributed by atoms with Crippen LogP contribution in [0.5, 0.6) is 0 Å². The Balaban J connectivity index is 1.54. The van der Waals surface area contributed by atoms with Crippen molar-refractivity contribution in [2.24, 2.45) is 4.99 Å². The summed E-state index contributed by atoms with van der Waals surface area (Å²) in [6.45, 7) is 2.37. The van der Waals surface area contributed by atoms with Crippen LogP contribution < -0.4 is 5.32 Å². The van der Waals surface area contributed by atoms with E-state index >= 15 is 0 Å². The maximum atomic E-state index is 13.7. The van der Waals surface area contributed by atoms with Crippen LogP contribution in [0.2, 0.25) is 0 Å². The second-order valence-electron chi connectivity index (χ2n) is 6.28. The summed E-state index contributed by atoms with van der Waals surface area (Å²) in [5, 5.41) is 3.27. The Labute approximate surface area is 147 Å². The van der Waals surface area contributed by atoms with Gasteiger partial charge in [0, 0.05) is 32.6 Å². The van der Waals surface area contributed by atoms with E-state index in [1.165, 1.54) is 11.6 Å². The smallest absolute Gasteiger partial charge is 0.193 e. The van der Waals surface area contributed by atoms with E-state index in [0.29, 0.717) is 24.4 Å². The minimum Gasteiger partial charge on any atom is -0.356 e. The fourth-order valence-corrected chi connectivity index (χ4v) is 3.33. The van der Waals surface area contributed by atoms with Crippen LogP contribution in [0, 0.1) is 11.6 Å². The van der Waals surface area contributed by atoms with E-state index in [0.717, 1.165) is 31.5 Å². The summed E-state index contributed by atoms with van der Waals surface area (Å²) >= 11 is 0. The second kappa shape index (κ2) is 8.10. The Hall–Kier alpha value is -2.43. The van der Waals surface area contributed by atoms with E-state index in [2.05, 4.69) is 39.5 Å². The van der Waals surface area contributed by atoms with Crippen LogP contribution in [0.3, 0.4) is 0 Å². The van der Waals surface area contributed by atoms with Gasteiger partial charge < -0.3 is 10.2 Å². The topological polar surface area (TPSA) is 27.6 Å². The van der Waals surface area contributed by atoms with Crippen molar-refractivity contribution in [1.82, 2.24) is 10.2 Å². The molecule has 1 heterocycles. The number of benzene rings is 2. The first-order chi connectivity index (χ1) is 12.2. The van der Waals surface area contributed by atoms with Gasteiger partial charge in [0.15, 0.2) is 17.6 Å². The lowest BCUT2D eigenvalue weighted by atomic mass is 9.99. The molecule has 25 heavy (non-hydrogen) atoms. The quantitative estimate of drug-likeness (QED) is 0.679. The Morgan fingerprint density at radius 2 is 1.96 bits per heavy atom. The Morgan fingerprint density at radius 1 is 1.16 bits per heavy atom. The molecule has 0 bridgehead atoms. The van der Waals surface area contributed by atoms with Crippen molar-refractivity contribution in [3.8, 4) is 0 Å². The van der Waals surface area contributed by atoms with Gasteiger partial charge in [0.1, 0.15) is 0 Å². The number of nitrogens with one attached hydrogen (secondary N) is 1. The molecule has 1 aliphatic heterocycles. The van der Waals surface area contributed by atoms with Crippen LogP contribution >= 0.6 is 0 Å². The van der Waals surface area contributed by atoms with Crippen LogP contribution in [0.4, 0.5) is 8.78 Å². The van der Waals surface area contributed by atoms with Gasteiger partial charge in [0.05, 0.1) is 0 Å². The van der Waals surface area contributed by atoms with Crippen molar-refractivity contribution < 1.29 is 8.78 Å². The SMILES string of the molecule is CN=C(NCCc1cccc(F)c1F)N1CCC(c2ccccc2)C1. The third kappa shape index (κ3) is 4.16. The predicted octanol–water partition coefficient (Wildman–Crippen LogP) is 3.57. The molecule has 0 amide bonds. The van der Waals surface area contributed by atoms with Crippen LogP contribution in [0.25, 0.3) is 0 Å². The van der Waals surface area contributed by atoms with Crippen molar-refractivity contribution >= 4 is 5.96 Å². The van der Waals surface area contributed by atoms with Gasteiger partial charge in [-0.2, -0.15) is 0 Å². The van der Waals surface area contributed by atoms with E-state index < -0.39 is 11.6 Å². The second-order valence-corrected chi connectivity index (χ2v) is 6.28. The lowest BCUT2D eigenvalue weighted by Gasteiger charge is -2.22. The summed E-state index contributed by atoms with van der Waals surface area (Å²) < 4.78 is 27.0. The van der Waals surface area contributed by atoms with E-state index in [4.69, 9.17) is 0 Å². The average Bonchev–Trinajstić information content (AvgIpc) is 3.13. The summed E-state index contributed by atoms with van der Waals surface area (Å²) in [4.78, 5) is 6.55. The van der Waals surface area contributed by atoms with E-state index in [1.807, 2.05) is 6.07 Å². The zero-order valence-electron chi connectivity index (χ0n) is 14.4. The molecule has 3 rings (SSSR count). The first-order valence-electron chi connectivity index (χ1n) is 8.62. The van der Waals surface area contributed by atoms with Gasteiger partial charge in [-0.3, -0.25) is 4.99 Å². The molecule has 1 N–H and O–H groups in total. The Morgan fingerprint density at radius 3 is 2.72 bits per heavy atom. The molecular weight excluding hydrogens is 320 g/mol. The number of halogens is 2. The third-order valence-corrected chi connectivity index (χ3v) is 4.68. The number of rotatable bonds is 4. The van der Waals surface area contributed by atoms with Gasteiger partial charge in [-0.05, 0) is 30.0 Å². The zero-order valence-corrected chi connectivity index (χ0v) is 14.4. The van der Waals surface area contributed by atoms with Gasteiger partial charge in [0.25, 0.3) is 0 Å². The molecule has 5 heteroatoms. The molecule has 3 nitrogen and oxygen atoms in total. The number of likely N-dealkylation sites (tertiary alicyclic amines) is 1. The van der Waals surface area contributed by atoms with E-state index in [-0.39, 0.29) is 0 Å². The van der Waals surface area contributed by atoms with Crippen LogP contribution in [-0.4, -0.2) is 37.5 Å². The highest BCUT2D eigenvalue weighted by molar-refractivity contribution is 5.80. The largest absolute Gasteiger partial charge is 0.356 e. The Kier molecular flexibility index (Phi) is 5.64. The average molecular weight is 343 g/mol. The number of guanidine groups is 1. The van der Waals surface area contributed by atoms with Gasteiger partial charge in [-0.15, -0.1) is 0 Å². The fraction of sp³-hybridized carbons (Fsp3) is 0.350. The molecular formula is C20H23F2N3. The summed E-state index contributed by atoms with van der Waals surface area (Å²) in [5.74, 6) is -0.243. The molecule has 2 aromatic rings. The molecule has 0 aliphatic carbocycles. The maximum absolute atomic E-state index is 13.7. The van der Waals surface area contributed by atoms with Gasteiger partial charge in [0.2, 0.25) is 0 Å². The highest BCUT2D eigenvalue weighted by Crippen LogP contribution is 2.26. The minimum atomic E-state index is -0.799. The van der Waals surface area contributed by atoms with Gasteiger partial charge >= 0.3 is 0 Å². The molecule has 0 aromatic heterocycles. The summed E-state index contributed by atoms with van der Waals surface area (Å²) in [7, 11) is 1.75. The van der Waals surface area contributed by atoms with Crippen molar-refractivity contribution in [3.05, 3.63) is 71.3 Å². The van der Waals surface area contributed by atoms with Crippen LogP contribution in [0.1, 0.15) is 23.5 Å². The number of hydrogen-bond acceptors (Lipinski definition) is 1. The molecule has 1 atom stereocenters. The first kappa shape index (κ1) is 17.4. The van der Waals surface area contributed by atoms with E-state index in [9.17, 15) is 8.78 Å². The fourth-order valence-electron chi connectivity index (χ4n) is 3.33. The maximum Gasteiger partial charge on any atom is 0.193 e. The van der Waals surface area contributed by atoms with Crippen LogP contribution in [0.15, 0.2) is 53.5 Å². The number of aliphatic imine (C=N–C) groups is 1. The predicted molar refractivity (Wildman–Crippen MR) is 96.8 cm³/mol. The summed E-state index contributed by atoms with van der Waals surface area (Å²) in [5.41, 5.74) is 1.73. The molecule has 1 unspecified atom stereocenters. The molecule has 1 fully saturated rings. The highest BCUT2D eigenvalue weighted by Gasteiger charge is 2.25. The van der Waals surface area contributed by atoms with Gasteiger partial charge in [-0.25, -0.2) is 8.78 Å². The zero-order chi connectivity index (χ0) is 17.6. The van der Waals surface area contributed by atoms with Crippen molar-refractivity contribution in [2.45, 2.75) is 18.8 Å². The van der Waals surface area contributed by atoms with Crippen LogP contribution in [-0.2, 0) is 6.42 Å². The molecule has 1 aliphatic rings. The lowest BCUT2D eigenvalue weighted by Crippen LogP contribution is -2.40. The standard InChI is InChI=1S/C20H23F2N3/c1-23-20(24-12-10-16-8-5-9-18(21)19(16)22)25-13-11-17(14-25)15-6-3-2-4-7-15/h2-9,17H,10-14H2,1H3,(H,23,24). The molecule has 132 valence electrons. The minimum absolute atomic E-state index is 0.381. The first-order valence-corrected chi connectivity index (χ1v) is 8.62. The molecule has 0 radical (unpaired) electrons. The van der Waals surface area contributed by atoms with Crippen molar-refractivity contribution in [2.75, 3.05) is 26.7 Å². The van der Waals surface area contributed by atoms with Crippen molar-refractivity contribution in [1.29, 1.82) is 0 Å². The lowest BCUT2D eigenvalue weighted by molar-refractivity contribution is 0.482. The molecule has 1 saturated heterocycles. The highest BCUT2D eigenvalue weighted by atomic mass is 19.2. The molecule has 0 spiro atoms. The summed E-state index contributed by atoms with van der Waals surface area (Å²) in [6.07, 6.45) is 1.50. The normalized spacial score (nSPS) is 17.8. The number of nitrogens with zero attached hydrogens (tertiary/aromatic N) is 2. The van der Waals surface area contributed by atoms with Gasteiger partial charge in [-0.1, -0.05) is 42.5 Å². The monoisotopic (exact) mass is 343 g/mol.